The number of carbonyl (C=O) groups is 1. The lowest BCUT2D eigenvalue weighted by atomic mass is 9.91. The van der Waals surface area contributed by atoms with Crippen molar-refractivity contribution in [2.24, 2.45) is 0 Å². The molecule has 1 saturated heterocycles. The minimum atomic E-state index is -4.08. The van der Waals surface area contributed by atoms with Crippen LogP contribution < -0.4 is 4.72 Å². The number of benzene rings is 1. The first kappa shape index (κ1) is 28.5. The van der Waals surface area contributed by atoms with Gasteiger partial charge in [0.15, 0.2) is 10.7 Å². The molecule has 0 unspecified atom stereocenters. The van der Waals surface area contributed by atoms with Gasteiger partial charge in [-0.1, -0.05) is 17.4 Å². The van der Waals surface area contributed by atoms with Crippen LogP contribution in [0, 0.1) is 11.3 Å². The zero-order valence-electron chi connectivity index (χ0n) is 22.6. The van der Waals surface area contributed by atoms with Crippen molar-refractivity contribution in [2.45, 2.75) is 61.5 Å². The quantitative estimate of drug-likeness (QED) is 0.313. The number of piperidine rings is 1. The summed E-state index contributed by atoms with van der Waals surface area (Å²) in [5.41, 5.74) is 0.331. The lowest BCUT2D eigenvalue weighted by Crippen LogP contribution is -2.43. The van der Waals surface area contributed by atoms with E-state index < -0.39 is 33.1 Å². The molecule has 1 aromatic carbocycles. The largest absolute Gasteiger partial charge is 0.372 e. The molecule has 0 spiro atoms. The zero-order valence-corrected chi connectivity index (χ0v) is 24.3. The number of likely N-dealkylation sites (tertiary alicyclic amines) is 1. The molecule has 42 heavy (non-hydrogen) atoms. The number of halogens is 2. The SMILES string of the molecule is CO[C@H](C)C(=O)N1CCC(c2ncnc3c2c2ccc(S(=O)(=O)NC4(C#N)CC4)cc2n3-c2nnc(C(F)F)s2)CC1. The van der Waals surface area contributed by atoms with Crippen LogP contribution in [-0.2, 0) is 19.6 Å². The smallest absolute Gasteiger partial charge is 0.291 e. The summed E-state index contributed by atoms with van der Waals surface area (Å²) in [5, 5.41) is 17.9. The number of sulfonamides is 1. The number of alkyl halides is 2. The first-order valence-corrected chi connectivity index (χ1v) is 15.6. The lowest BCUT2D eigenvalue weighted by molar-refractivity contribution is -0.142. The Balaban J connectivity index is 1.47. The maximum Gasteiger partial charge on any atom is 0.291 e. The number of nitrogens with zero attached hydrogens (tertiary/aromatic N) is 7. The van der Waals surface area contributed by atoms with Crippen molar-refractivity contribution < 1.29 is 26.7 Å². The summed E-state index contributed by atoms with van der Waals surface area (Å²) in [4.78, 5) is 23.4. The standard InChI is InChI=1S/C26H26F2N8O4S2/c1-14(40-2)24(37)35-9-5-15(6-10-35)20-19-17-4-3-16(42(38,39)34-26(12-29)7-8-26)11-18(17)36(22(19)31-13-30-20)25-33-32-23(41-25)21(27)28/h3-4,11,13-15,21,34H,5-10H2,1-2H3/t14-/m1/s1. The molecule has 6 rings (SSSR count). The minimum Gasteiger partial charge on any atom is -0.372 e. The van der Waals surface area contributed by atoms with Gasteiger partial charge in [0.1, 0.15) is 18.0 Å². The fourth-order valence-electron chi connectivity index (χ4n) is 5.32. The average Bonchev–Trinajstić information content (AvgIpc) is 3.43. The Hall–Kier alpha value is -3.65. The minimum absolute atomic E-state index is 0.0436. The van der Waals surface area contributed by atoms with Crippen molar-refractivity contribution in [3.63, 3.8) is 0 Å². The van der Waals surface area contributed by atoms with Crippen LogP contribution in [0.2, 0.25) is 0 Å². The van der Waals surface area contributed by atoms with Crippen LogP contribution in [0.4, 0.5) is 8.78 Å². The van der Waals surface area contributed by atoms with Gasteiger partial charge in [0.2, 0.25) is 15.2 Å². The molecule has 0 bridgehead atoms. The van der Waals surface area contributed by atoms with Crippen LogP contribution in [0.15, 0.2) is 29.4 Å². The van der Waals surface area contributed by atoms with E-state index in [0.29, 0.717) is 77.7 Å². The van der Waals surface area contributed by atoms with Gasteiger partial charge in [-0.05, 0) is 44.7 Å². The Morgan fingerprint density at radius 2 is 1.98 bits per heavy atom. The summed E-state index contributed by atoms with van der Waals surface area (Å²) in [7, 11) is -2.59. The molecule has 1 saturated carbocycles. The van der Waals surface area contributed by atoms with Gasteiger partial charge in [-0.2, -0.15) is 9.98 Å². The molecular weight excluding hydrogens is 590 g/mol. The molecule has 220 valence electrons. The average molecular weight is 617 g/mol. The summed E-state index contributed by atoms with van der Waals surface area (Å²) in [6.45, 7) is 2.72. The molecule has 2 fully saturated rings. The van der Waals surface area contributed by atoms with Crippen LogP contribution in [0.3, 0.4) is 0 Å². The van der Waals surface area contributed by atoms with Gasteiger partial charge >= 0.3 is 0 Å². The summed E-state index contributed by atoms with van der Waals surface area (Å²) in [5.74, 6) is -0.129. The van der Waals surface area contributed by atoms with Crippen molar-refractivity contribution >= 4 is 49.2 Å². The number of aromatic nitrogens is 5. The van der Waals surface area contributed by atoms with Crippen LogP contribution >= 0.6 is 11.3 Å². The summed E-state index contributed by atoms with van der Waals surface area (Å²) >= 11 is 0.681. The van der Waals surface area contributed by atoms with Crippen molar-refractivity contribution in [3.8, 4) is 11.2 Å². The number of nitriles is 1. The molecular formula is C26H26F2N8O4S2. The highest BCUT2D eigenvalue weighted by Crippen LogP contribution is 2.40. The number of fused-ring (bicyclic) bond motifs is 3. The normalized spacial score (nSPS) is 18.0. The van der Waals surface area contributed by atoms with Crippen LogP contribution in [0.5, 0.6) is 0 Å². The Labute approximate surface area is 243 Å². The lowest BCUT2D eigenvalue weighted by Gasteiger charge is -2.33. The predicted octanol–water partition coefficient (Wildman–Crippen LogP) is 3.44. The van der Waals surface area contributed by atoms with E-state index >= 15 is 0 Å². The Morgan fingerprint density at radius 3 is 2.60 bits per heavy atom. The van der Waals surface area contributed by atoms with E-state index in [-0.39, 0.29) is 21.9 Å². The van der Waals surface area contributed by atoms with Gasteiger partial charge in [-0.15, -0.1) is 10.2 Å². The number of nitrogens with one attached hydrogen (secondary N) is 1. The summed E-state index contributed by atoms with van der Waals surface area (Å²) < 4.78 is 62.6. The molecule has 1 N–H and O–H groups in total. The second-order valence-corrected chi connectivity index (χ2v) is 13.1. The number of amides is 1. The number of carbonyl (C=O) groups excluding carboxylic acids is 1. The van der Waals surface area contributed by atoms with Gasteiger partial charge in [-0.25, -0.2) is 27.2 Å². The van der Waals surface area contributed by atoms with E-state index in [1.54, 1.807) is 17.9 Å². The topological polar surface area (TPSA) is 156 Å². The number of ether oxygens (including phenoxy) is 1. The van der Waals surface area contributed by atoms with Crippen molar-refractivity contribution in [1.82, 2.24) is 34.4 Å². The van der Waals surface area contributed by atoms with Gasteiger partial charge < -0.3 is 9.64 Å². The highest BCUT2D eigenvalue weighted by atomic mass is 32.2. The second-order valence-electron chi connectivity index (χ2n) is 10.5. The summed E-state index contributed by atoms with van der Waals surface area (Å²) in [6.07, 6.45) is 0.0992. The molecule has 1 aliphatic heterocycles. The zero-order chi connectivity index (χ0) is 29.8. The van der Waals surface area contributed by atoms with E-state index in [0.717, 1.165) is 0 Å². The van der Waals surface area contributed by atoms with Gasteiger partial charge in [0, 0.05) is 36.9 Å². The number of hydrogen-bond acceptors (Lipinski definition) is 10. The van der Waals surface area contributed by atoms with Crippen molar-refractivity contribution in [1.29, 1.82) is 5.26 Å². The number of methoxy groups -OCH3 is 1. The maximum atomic E-state index is 13.5. The Bertz CT molecular complexity index is 1840. The van der Waals surface area contributed by atoms with E-state index in [2.05, 4.69) is 24.9 Å². The first-order valence-electron chi connectivity index (χ1n) is 13.3. The molecule has 0 radical (unpaired) electrons. The van der Waals surface area contributed by atoms with Gasteiger partial charge in [-0.3, -0.25) is 9.36 Å². The van der Waals surface area contributed by atoms with E-state index in [9.17, 15) is 27.3 Å². The molecule has 1 atom stereocenters. The van der Waals surface area contributed by atoms with Gasteiger partial charge in [0.05, 0.1) is 22.2 Å². The van der Waals surface area contributed by atoms with E-state index in [4.69, 9.17) is 4.74 Å². The third kappa shape index (κ3) is 4.89. The molecule has 1 amide bonds. The molecule has 3 aromatic heterocycles. The molecule has 2 aliphatic rings. The maximum absolute atomic E-state index is 13.5. The summed E-state index contributed by atoms with van der Waals surface area (Å²) in [6, 6.07) is 6.52. The fourth-order valence-corrected chi connectivity index (χ4v) is 7.44. The predicted molar refractivity (Wildman–Crippen MR) is 148 cm³/mol. The van der Waals surface area contributed by atoms with E-state index in [1.165, 1.54) is 30.1 Å². The van der Waals surface area contributed by atoms with Crippen LogP contribution in [-0.4, -0.2) is 75.8 Å². The van der Waals surface area contributed by atoms with Crippen molar-refractivity contribution in [3.05, 3.63) is 35.2 Å². The monoisotopic (exact) mass is 616 g/mol. The molecule has 12 nitrogen and oxygen atoms in total. The number of hydrogen-bond donors (Lipinski definition) is 1. The molecule has 4 aromatic rings. The van der Waals surface area contributed by atoms with Crippen molar-refractivity contribution in [2.75, 3.05) is 20.2 Å². The molecule has 16 heteroatoms. The van der Waals surface area contributed by atoms with Crippen LogP contribution in [0.25, 0.3) is 27.1 Å². The first-order chi connectivity index (χ1) is 20.1. The molecule has 1 aliphatic carbocycles. The van der Waals surface area contributed by atoms with Gasteiger partial charge in [0.25, 0.3) is 12.3 Å². The second kappa shape index (κ2) is 10.6. The van der Waals surface area contributed by atoms with Crippen LogP contribution in [0.1, 0.15) is 55.7 Å². The highest BCUT2D eigenvalue weighted by Gasteiger charge is 2.47. The number of rotatable bonds is 8. The fraction of sp³-hybridized carbons (Fsp3) is 0.462. The Morgan fingerprint density at radius 1 is 1.24 bits per heavy atom. The Kier molecular flexibility index (Phi) is 7.16. The molecule has 4 heterocycles. The third-order valence-corrected chi connectivity index (χ3v) is 10.3. The highest BCUT2D eigenvalue weighted by molar-refractivity contribution is 7.89. The van der Waals surface area contributed by atoms with E-state index in [1.807, 2.05) is 6.07 Å². The third-order valence-electron chi connectivity index (χ3n) is 7.85.